The molecule has 5 rings (SSSR count). The molecular formula is C28H31N3O4. The zero-order chi connectivity index (χ0) is 23.9. The van der Waals surface area contributed by atoms with E-state index in [1.165, 1.54) is 32.4 Å². The lowest BCUT2D eigenvalue weighted by Crippen LogP contribution is -2.33. The maximum absolute atomic E-state index is 13.5. The highest BCUT2D eigenvalue weighted by Gasteiger charge is 2.21. The largest absolute Gasteiger partial charge is 0.492 e. The van der Waals surface area contributed by atoms with Crippen LogP contribution in [0.1, 0.15) is 40.9 Å². The predicted molar refractivity (Wildman–Crippen MR) is 133 cm³/mol. The van der Waals surface area contributed by atoms with Crippen molar-refractivity contribution in [2.45, 2.75) is 32.4 Å². The quantitative estimate of drug-likeness (QED) is 0.455. The van der Waals surface area contributed by atoms with Gasteiger partial charge in [0, 0.05) is 24.8 Å². The number of aromatic nitrogens is 1. The Morgan fingerprint density at radius 2 is 1.77 bits per heavy atom. The van der Waals surface area contributed by atoms with E-state index in [4.69, 9.17) is 14.2 Å². The number of carbonyl (C=O) groups excluding carboxylic acids is 1. The highest BCUT2D eigenvalue weighted by molar-refractivity contribution is 5.95. The molecule has 0 unspecified atom stereocenters. The Labute approximate surface area is 206 Å². The lowest BCUT2D eigenvalue weighted by molar-refractivity contribution is 0.0727. The molecule has 7 heteroatoms. The summed E-state index contributed by atoms with van der Waals surface area (Å²) < 4.78 is 16.8. The second-order valence-electron chi connectivity index (χ2n) is 8.95. The Morgan fingerprint density at radius 1 is 0.943 bits per heavy atom. The first-order chi connectivity index (χ1) is 17.2. The van der Waals surface area contributed by atoms with E-state index in [9.17, 15) is 4.79 Å². The fourth-order valence-electron chi connectivity index (χ4n) is 4.49. The molecule has 2 aromatic carbocycles. The average Bonchev–Trinajstić information content (AvgIpc) is 3.38. The van der Waals surface area contributed by atoms with Crippen molar-refractivity contribution in [2.75, 3.05) is 33.0 Å². The van der Waals surface area contributed by atoms with E-state index in [1.54, 1.807) is 29.3 Å². The number of nitrogens with zero attached hydrogens (tertiary/aromatic N) is 3. The number of ether oxygens (including phenoxy) is 3. The number of piperidine rings is 1. The van der Waals surface area contributed by atoms with E-state index >= 15 is 0 Å². The van der Waals surface area contributed by atoms with Crippen molar-refractivity contribution in [1.82, 2.24) is 14.8 Å². The molecular weight excluding hydrogens is 442 g/mol. The van der Waals surface area contributed by atoms with Gasteiger partial charge in [-0.15, -0.1) is 0 Å². The van der Waals surface area contributed by atoms with Crippen LogP contribution in [0.5, 0.6) is 17.2 Å². The Kier molecular flexibility index (Phi) is 7.44. The normalized spacial score (nSPS) is 15.1. The van der Waals surface area contributed by atoms with Gasteiger partial charge in [-0.05, 0) is 74.0 Å². The van der Waals surface area contributed by atoms with E-state index < -0.39 is 0 Å². The zero-order valence-electron chi connectivity index (χ0n) is 19.9. The predicted octanol–water partition coefficient (Wildman–Crippen LogP) is 4.52. The summed E-state index contributed by atoms with van der Waals surface area (Å²) in [6.45, 7) is 5.03. The molecule has 182 valence electrons. The van der Waals surface area contributed by atoms with Gasteiger partial charge < -0.3 is 19.1 Å². The van der Waals surface area contributed by atoms with Crippen molar-refractivity contribution in [3.05, 3.63) is 83.7 Å². The third-order valence-electron chi connectivity index (χ3n) is 6.41. The van der Waals surface area contributed by atoms with Gasteiger partial charge in [0.05, 0.1) is 12.2 Å². The van der Waals surface area contributed by atoms with E-state index in [1.807, 2.05) is 42.5 Å². The van der Waals surface area contributed by atoms with Crippen molar-refractivity contribution in [2.24, 2.45) is 0 Å². The molecule has 2 aliphatic heterocycles. The molecule has 0 radical (unpaired) electrons. The van der Waals surface area contributed by atoms with Gasteiger partial charge in [-0.2, -0.15) is 0 Å². The smallest absolute Gasteiger partial charge is 0.254 e. The average molecular weight is 474 g/mol. The first kappa shape index (κ1) is 23.2. The molecule has 0 atom stereocenters. The fourth-order valence-corrected chi connectivity index (χ4v) is 4.49. The molecule has 1 saturated heterocycles. The van der Waals surface area contributed by atoms with Gasteiger partial charge in [-0.25, -0.2) is 0 Å². The summed E-state index contributed by atoms with van der Waals surface area (Å²) in [5.74, 6) is 2.02. The SMILES string of the molecule is O=C(c1ccc2c(c1)OCO2)N(Cc1ccc(OCCN2CCCCC2)cc1)Cc1ccccn1. The fraction of sp³-hybridized carbons (Fsp3) is 0.357. The first-order valence-corrected chi connectivity index (χ1v) is 12.3. The molecule has 1 fully saturated rings. The second kappa shape index (κ2) is 11.2. The molecule has 3 heterocycles. The monoisotopic (exact) mass is 473 g/mol. The minimum atomic E-state index is -0.0872. The summed E-state index contributed by atoms with van der Waals surface area (Å²) in [5.41, 5.74) is 2.42. The molecule has 1 amide bonds. The van der Waals surface area contributed by atoms with Crippen molar-refractivity contribution in [3.8, 4) is 17.2 Å². The Balaban J connectivity index is 1.25. The standard InChI is InChI=1S/C28H31N3O4/c32-28(23-9-12-26-27(18-23)35-21-34-26)31(20-24-6-2-3-13-29-24)19-22-7-10-25(11-8-22)33-17-16-30-14-4-1-5-15-30/h2-3,6-13,18H,1,4-5,14-17,19-21H2. The van der Waals surface area contributed by atoms with Crippen LogP contribution >= 0.6 is 0 Å². The number of fused-ring (bicyclic) bond motifs is 1. The van der Waals surface area contributed by atoms with Crippen LogP contribution in [0.2, 0.25) is 0 Å². The molecule has 0 bridgehead atoms. The maximum Gasteiger partial charge on any atom is 0.254 e. The van der Waals surface area contributed by atoms with E-state index in [0.29, 0.717) is 36.8 Å². The molecule has 2 aliphatic rings. The summed E-state index contributed by atoms with van der Waals surface area (Å²) >= 11 is 0. The minimum Gasteiger partial charge on any atom is -0.492 e. The van der Waals surface area contributed by atoms with Crippen LogP contribution < -0.4 is 14.2 Å². The molecule has 7 nitrogen and oxygen atoms in total. The summed E-state index contributed by atoms with van der Waals surface area (Å²) in [7, 11) is 0. The number of pyridine rings is 1. The van der Waals surface area contributed by atoms with Crippen LogP contribution in [0, 0.1) is 0 Å². The molecule has 35 heavy (non-hydrogen) atoms. The topological polar surface area (TPSA) is 64.1 Å². The lowest BCUT2D eigenvalue weighted by atomic mass is 10.1. The lowest BCUT2D eigenvalue weighted by Gasteiger charge is -2.26. The summed E-state index contributed by atoms with van der Waals surface area (Å²) in [6, 6.07) is 19.0. The highest BCUT2D eigenvalue weighted by Crippen LogP contribution is 2.33. The van der Waals surface area contributed by atoms with Gasteiger partial charge in [-0.3, -0.25) is 14.7 Å². The van der Waals surface area contributed by atoms with Gasteiger partial charge in [0.25, 0.3) is 5.91 Å². The number of rotatable bonds is 9. The number of hydrogen-bond acceptors (Lipinski definition) is 6. The van der Waals surface area contributed by atoms with Gasteiger partial charge in [0.2, 0.25) is 6.79 Å². The first-order valence-electron chi connectivity index (χ1n) is 12.3. The van der Waals surface area contributed by atoms with E-state index in [-0.39, 0.29) is 12.7 Å². The van der Waals surface area contributed by atoms with Crippen LogP contribution in [0.4, 0.5) is 0 Å². The zero-order valence-corrected chi connectivity index (χ0v) is 19.9. The summed E-state index contributed by atoms with van der Waals surface area (Å²) in [6.07, 6.45) is 5.66. The number of amides is 1. The third kappa shape index (κ3) is 6.11. The minimum absolute atomic E-state index is 0.0872. The molecule has 0 N–H and O–H groups in total. The summed E-state index contributed by atoms with van der Waals surface area (Å²) in [4.78, 5) is 22.2. The van der Waals surface area contributed by atoms with Gasteiger partial charge in [0.1, 0.15) is 12.4 Å². The van der Waals surface area contributed by atoms with Crippen molar-refractivity contribution >= 4 is 5.91 Å². The van der Waals surface area contributed by atoms with Crippen molar-refractivity contribution < 1.29 is 19.0 Å². The van der Waals surface area contributed by atoms with Crippen LogP contribution in [0.25, 0.3) is 0 Å². The van der Waals surface area contributed by atoms with Crippen molar-refractivity contribution in [3.63, 3.8) is 0 Å². The third-order valence-corrected chi connectivity index (χ3v) is 6.41. The number of benzene rings is 2. The van der Waals surface area contributed by atoms with Crippen LogP contribution in [-0.2, 0) is 13.1 Å². The number of likely N-dealkylation sites (tertiary alicyclic amines) is 1. The van der Waals surface area contributed by atoms with Gasteiger partial charge >= 0.3 is 0 Å². The Morgan fingerprint density at radius 3 is 2.57 bits per heavy atom. The highest BCUT2D eigenvalue weighted by atomic mass is 16.7. The number of carbonyl (C=O) groups is 1. The van der Waals surface area contributed by atoms with Crippen molar-refractivity contribution in [1.29, 1.82) is 0 Å². The Hall–Kier alpha value is -3.58. The van der Waals surface area contributed by atoms with E-state index in [0.717, 1.165) is 23.6 Å². The van der Waals surface area contributed by atoms with E-state index in [2.05, 4.69) is 9.88 Å². The van der Waals surface area contributed by atoms with Gasteiger partial charge in [-0.1, -0.05) is 24.6 Å². The van der Waals surface area contributed by atoms with Crippen LogP contribution in [-0.4, -0.2) is 53.7 Å². The molecule has 1 aromatic heterocycles. The summed E-state index contributed by atoms with van der Waals surface area (Å²) in [5, 5.41) is 0. The molecule has 0 aliphatic carbocycles. The van der Waals surface area contributed by atoms with Crippen LogP contribution in [0.3, 0.4) is 0 Å². The molecule has 3 aromatic rings. The van der Waals surface area contributed by atoms with Crippen LogP contribution in [0.15, 0.2) is 66.9 Å². The Bertz CT molecular complexity index is 1110. The molecule has 0 spiro atoms. The maximum atomic E-state index is 13.5. The second-order valence-corrected chi connectivity index (χ2v) is 8.95. The number of hydrogen-bond donors (Lipinski definition) is 0. The molecule has 0 saturated carbocycles. The van der Waals surface area contributed by atoms with Gasteiger partial charge in [0.15, 0.2) is 11.5 Å².